The van der Waals surface area contributed by atoms with Gasteiger partial charge < -0.3 is 11.1 Å². The number of hydrogen-bond acceptors (Lipinski definition) is 4. The van der Waals surface area contributed by atoms with Crippen molar-refractivity contribution in [2.24, 2.45) is 0 Å². The second-order valence-electron chi connectivity index (χ2n) is 4.08. The average Bonchev–Trinajstić information content (AvgIpc) is 2.42. The van der Waals surface area contributed by atoms with Crippen molar-refractivity contribution in [2.45, 2.75) is 6.92 Å². The van der Waals surface area contributed by atoms with Crippen molar-refractivity contribution in [3.8, 4) is 0 Å². The zero-order valence-electron chi connectivity index (χ0n) is 10.6. The van der Waals surface area contributed by atoms with Crippen molar-refractivity contribution in [2.75, 3.05) is 29.1 Å². The number of benzene rings is 1. The largest absolute Gasteiger partial charge is 0.398 e. The molecule has 1 aromatic carbocycles. The summed E-state index contributed by atoms with van der Waals surface area (Å²) in [5.41, 5.74) is 6.95. The van der Waals surface area contributed by atoms with Crippen molar-refractivity contribution < 1.29 is 8.60 Å². The summed E-state index contributed by atoms with van der Waals surface area (Å²) in [6.45, 7) is 2.30. The fourth-order valence-corrected chi connectivity index (χ4v) is 2.46. The lowest BCUT2D eigenvalue weighted by molar-refractivity contribution is 0.632. The zero-order chi connectivity index (χ0) is 13.8. The zero-order valence-corrected chi connectivity index (χ0v) is 11.5. The summed E-state index contributed by atoms with van der Waals surface area (Å²) in [7, 11) is -0.875. The van der Waals surface area contributed by atoms with Gasteiger partial charge in [-0.3, -0.25) is 9.19 Å². The molecular formula is C13H16FN3OS. The summed E-state index contributed by atoms with van der Waals surface area (Å²) in [6.07, 6.45) is 1.59. The first-order chi connectivity index (χ1) is 9.13. The SMILES string of the molecule is CCS(=O)CCNc1c(F)cc(N)c2cccnc12. The third kappa shape index (κ3) is 3.01. The minimum atomic E-state index is -0.875. The maximum atomic E-state index is 13.9. The molecule has 2 aromatic rings. The van der Waals surface area contributed by atoms with Gasteiger partial charge in [-0.25, -0.2) is 4.39 Å². The number of fused-ring (bicyclic) bond motifs is 1. The number of hydrogen-bond donors (Lipinski definition) is 2. The number of pyridine rings is 1. The van der Waals surface area contributed by atoms with Crippen molar-refractivity contribution in [3.05, 3.63) is 30.2 Å². The summed E-state index contributed by atoms with van der Waals surface area (Å²) in [6, 6.07) is 4.84. The van der Waals surface area contributed by atoms with Crippen LogP contribution >= 0.6 is 0 Å². The van der Waals surface area contributed by atoms with Crippen molar-refractivity contribution in [3.63, 3.8) is 0 Å². The van der Waals surface area contributed by atoms with Crippen molar-refractivity contribution in [1.29, 1.82) is 0 Å². The van der Waals surface area contributed by atoms with E-state index in [1.54, 1.807) is 18.3 Å². The molecule has 3 N–H and O–H groups in total. The molecule has 0 fully saturated rings. The molecule has 1 atom stereocenters. The standard InChI is InChI=1S/C13H16FN3OS/c1-2-19(18)7-6-17-13-10(14)8-11(15)9-4-3-5-16-12(9)13/h3-5,8,17H,2,6-7,15H2,1H3. The molecule has 1 heterocycles. The Morgan fingerprint density at radius 3 is 3.05 bits per heavy atom. The van der Waals surface area contributed by atoms with Crippen LogP contribution in [0.25, 0.3) is 10.9 Å². The van der Waals surface area contributed by atoms with Gasteiger partial charge >= 0.3 is 0 Å². The predicted octanol–water partition coefficient (Wildman–Crippen LogP) is 2.14. The van der Waals surface area contributed by atoms with Crippen molar-refractivity contribution in [1.82, 2.24) is 4.98 Å². The summed E-state index contributed by atoms with van der Waals surface area (Å²) < 4.78 is 25.3. The second-order valence-corrected chi connectivity index (χ2v) is 5.95. The van der Waals surface area contributed by atoms with Crippen LogP contribution in [0.4, 0.5) is 15.8 Å². The molecule has 0 bridgehead atoms. The van der Waals surface area contributed by atoms with Gasteiger partial charge in [0, 0.05) is 46.1 Å². The van der Waals surface area contributed by atoms with Crippen molar-refractivity contribution >= 4 is 33.1 Å². The van der Waals surface area contributed by atoms with Crippen LogP contribution in [-0.4, -0.2) is 27.2 Å². The number of anilines is 2. The van der Waals surface area contributed by atoms with Crippen LogP contribution in [0.15, 0.2) is 24.4 Å². The number of aromatic nitrogens is 1. The van der Waals surface area contributed by atoms with Crippen LogP contribution in [0.1, 0.15) is 6.92 Å². The van der Waals surface area contributed by atoms with Gasteiger partial charge in [0.05, 0.1) is 11.2 Å². The Bertz CT molecular complexity index is 618. The molecule has 0 amide bonds. The first-order valence-electron chi connectivity index (χ1n) is 6.05. The molecule has 0 saturated carbocycles. The highest BCUT2D eigenvalue weighted by atomic mass is 32.2. The van der Waals surface area contributed by atoms with Gasteiger partial charge in [-0.1, -0.05) is 6.92 Å². The van der Waals surface area contributed by atoms with E-state index in [0.717, 1.165) is 0 Å². The Morgan fingerprint density at radius 1 is 1.53 bits per heavy atom. The van der Waals surface area contributed by atoms with Gasteiger partial charge in [0.15, 0.2) is 5.82 Å². The van der Waals surface area contributed by atoms with Gasteiger partial charge in [0.1, 0.15) is 0 Å². The smallest absolute Gasteiger partial charge is 0.150 e. The fraction of sp³-hybridized carbons (Fsp3) is 0.308. The molecular weight excluding hydrogens is 265 g/mol. The van der Waals surface area contributed by atoms with Gasteiger partial charge in [0.2, 0.25) is 0 Å². The lowest BCUT2D eigenvalue weighted by atomic mass is 10.1. The Morgan fingerprint density at radius 2 is 2.32 bits per heavy atom. The topological polar surface area (TPSA) is 68.0 Å². The van der Waals surface area contributed by atoms with E-state index in [1.165, 1.54) is 6.07 Å². The average molecular weight is 281 g/mol. The highest BCUT2D eigenvalue weighted by molar-refractivity contribution is 7.84. The quantitative estimate of drug-likeness (QED) is 0.824. The molecule has 0 spiro atoms. The number of nitrogens with two attached hydrogens (primary N) is 1. The van der Waals surface area contributed by atoms with Crippen LogP contribution in [-0.2, 0) is 10.8 Å². The van der Waals surface area contributed by atoms with E-state index in [1.807, 2.05) is 6.92 Å². The maximum absolute atomic E-state index is 13.9. The minimum absolute atomic E-state index is 0.318. The second kappa shape index (κ2) is 5.97. The summed E-state index contributed by atoms with van der Waals surface area (Å²) in [5, 5.41) is 3.67. The third-order valence-electron chi connectivity index (χ3n) is 2.83. The summed E-state index contributed by atoms with van der Waals surface area (Å²) in [4.78, 5) is 4.16. The van der Waals surface area contributed by atoms with Gasteiger partial charge in [0.25, 0.3) is 0 Å². The fourth-order valence-electron chi connectivity index (χ4n) is 1.84. The monoisotopic (exact) mass is 281 g/mol. The third-order valence-corrected chi connectivity index (χ3v) is 4.13. The van der Waals surface area contributed by atoms with E-state index in [2.05, 4.69) is 10.3 Å². The van der Waals surface area contributed by atoms with Crippen LogP contribution in [0.3, 0.4) is 0 Å². The Balaban J connectivity index is 2.29. The van der Waals surface area contributed by atoms with Crippen LogP contribution in [0.5, 0.6) is 0 Å². The number of rotatable bonds is 5. The van der Waals surface area contributed by atoms with E-state index in [4.69, 9.17) is 5.73 Å². The maximum Gasteiger partial charge on any atom is 0.150 e. The predicted molar refractivity (Wildman–Crippen MR) is 78.2 cm³/mol. The Kier molecular flexibility index (Phi) is 4.31. The number of halogens is 1. The van der Waals surface area contributed by atoms with E-state index < -0.39 is 16.6 Å². The van der Waals surface area contributed by atoms with Crippen LogP contribution in [0, 0.1) is 5.82 Å². The normalized spacial score (nSPS) is 12.5. The summed E-state index contributed by atoms with van der Waals surface area (Å²) >= 11 is 0. The Labute approximate surface area is 113 Å². The molecule has 0 radical (unpaired) electrons. The molecule has 0 aliphatic rings. The summed E-state index contributed by atoms with van der Waals surface area (Å²) in [5.74, 6) is 0.644. The van der Waals surface area contributed by atoms with E-state index in [-0.39, 0.29) is 0 Å². The molecule has 6 heteroatoms. The van der Waals surface area contributed by atoms with Gasteiger partial charge in [-0.05, 0) is 18.2 Å². The molecule has 0 aliphatic carbocycles. The molecule has 4 nitrogen and oxygen atoms in total. The molecule has 1 unspecified atom stereocenters. The number of nitrogen functional groups attached to an aromatic ring is 1. The van der Waals surface area contributed by atoms with Crippen LogP contribution < -0.4 is 11.1 Å². The molecule has 0 aliphatic heterocycles. The van der Waals surface area contributed by atoms with E-state index >= 15 is 0 Å². The van der Waals surface area contributed by atoms with Gasteiger partial charge in [-0.2, -0.15) is 0 Å². The molecule has 1 aromatic heterocycles. The molecule has 2 rings (SSSR count). The molecule has 19 heavy (non-hydrogen) atoms. The minimum Gasteiger partial charge on any atom is -0.398 e. The lowest BCUT2D eigenvalue weighted by Gasteiger charge is -2.11. The van der Waals surface area contributed by atoms with Gasteiger partial charge in [-0.15, -0.1) is 0 Å². The first-order valence-corrected chi connectivity index (χ1v) is 7.53. The first kappa shape index (κ1) is 13.7. The lowest BCUT2D eigenvalue weighted by Crippen LogP contribution is -2.13. The van der Waals surface area contributed by atoms with Crippen LogP contribution in [0.2, 0.25) is 0 Å². The Hall–Kier alpha value is -1.69. The highest BCUT2D eigenvalue weighted by Gasteiger charge is 2.11. The number of nitrogens with one attached hydrogen (secondary N) is 1. The number of nitrogens with zero attached hydrogens (tertiary/aromatic N) is 1. The highest BCUT2D eigenvalue weighted by Crippen LogP contribution is 2.29. The van der Waals surface area contributed by atoms with E-state index in [0.29, 0.717) is 40.3 Å². The molecule has 102 valence electrons. The molecule has 0 saturated heterocycles. The van der Waals surface area contributed by atoms with E-state index in [9.17, 15) is 8.60 Å².